The van der Waals surface area contributed by atoms with E-state index in [9.17, 15) is 4.79 Å². The van der Waals surface area contributed by atoms with Gasteiger partial charge in [0.2, 0.25) is 5.91 Å². The number of benzene rings is 2. The molecule has 27 heavy (non-hydrogen) atoms. The number of hydrogen-bond donors (Lipinski definition) is 2. The molecular formula is C21H27N2O4+. The van der Waals surface area contributed by atoms with Crippen LogP contribution in [-0.2, 0) is 11.2 Å². The molecule has 0 aromatic heterocycles. The molecule has 0 fully saturated rings. The number of fused-ring (bicyclic) bond motifs is 1. The third-order valence-corrected chi connectivity index (χ3v) is 4.69. The smallest absolute Gasteiger partial charge is 0.224 e. The Kier molecular flexibility index (Phi) is 6.19. The predicted octanol–water partition coefficient (Wildman–Crippen LogP) is 1.01. The Bertz CT molecular complexity index is 774. The number of rotatable bonds is 7. The van der Waals surface area contributed by atoms with Crippen molar-refractivity contribution in [2.75, 3.05) is 41.0 Å². The zero-order valence-electron chi connectivity index (χ0n) is 16.1. The predicted molar refractivity (Wildman–Crippen MR) is 103 cm³/mol. The highest BCUT2D eigenvalue weighted by Crippen LogP contribution is 2.30. The van der Waals surface area contributed by atoms with Gasteiger partial charge in [-0.3, -0.25) is 4.79 Å². The Morgan fingerprint density at radius 3 is 2.48 bits per heavy atom. The number of amides is 1. The van der Waals surface area contributed by atoms with Crippen LogP contribution in [-0.4, -0.2) is 46.9 Å². The van der Waals surface area contributed by atoms with Crippen LogP contribution in [0.3, 0.4) is 0 Å². The number of quaternary nitrogens is 1. The van der Waals surface area contributed by atoms with E-state index in [1.807, 2.05) is 42.5 Å². The van der Waals surface area contributed by atoms with Crippen LogP contribution in [0.5, 0.6) is 17.2 Å². The van der Waals surface area contributed by atoms with Crippen molar-refractivity contribution in [2.45, 2.75) is 12.5 Å². The van der Waals surface area contributed by atoms with Crippen LogP contribution in [0.25, 0.3) is 0 Å². The summed E-state index contributed by atoms with van der Waals surface area (Å²) >= 11 is 0. The van der Waals surface area contributed by atoms with Crippen LogP contribution in [0.15, 0.2) is 42.5 Å². The van der Waals surface area contributed by atoms with Gasteiger partial charge in [-0.05, 0) is 42.0 Å². The van der Waals surface area contributed by atoms with E-state index in [-0.39, 0.29) is 11.9 Å². The number of ether oxygens (including phenoxy) is 3. The van der Waals surface area contributed by atoms with Gasteiger partial charge in [0.25, 0.3) is 0 Å². The van der Waals surface area contributed by atoms with Gasteiger partial charge in [0.1, 0.15) is 25.0 Å². The third-order valence-electron chi connectivity index (χ3n) is 4.69. The van der Waals surface area contributed by atoms with Gasteiger partial charge < -0.3 is 24.4 Å². The highest BCUT2D eigenvalue weighted by molar-refractivity contribution is 5.78. The van der Waals surface area contributed by atoms with E-state index in [0.717, 1.165) is 22.6 Å². The van der Waals surface area contributed by atoms with Crippen molar-refractivity contribution < 1.29 is 23.9 Å². The van der Waals surface area contributed by atoms with E-state index in [4.69, 9.17) is 14.2 Å². The van der Waals surface area contributed by atoms with Crippen molar-refractivity contribution in [3.63, 3.8) is 0 Å². The van der Waals surface area contributed by atoms with E-state index in [0.29, 0.717) is 31.9 Å². The fourth-order valence-electron chi connectivity index (χ4n) is 3.15. The van der Waals surface area contributed by atoms with E-state index in [1.54, 1.807) is 7.11 Å². The normalized spacial score (nSPS) is 13.9. The Morgan fingerprint density at radius 1 is 1.11 bits per heavy atom. The number of nitrogens with one attached hydrogen (secondary N) is 2. The largest absolute Gasteiger partial charge is 0.497 e. The Hall–Kier alpha value is -2.73. The minimum Gasteiger partial charge on any atom is -0.497 e. The summed E-state index contributed by atoms with van der Waals surface area (Å²) < 4.78 is 16.3. The first kappa shape index (κ1) is 19.0. The molecule has 1 heterocycles. The van der Waals surface area contributed by atoms with Gasteiger partial charge in [-0.2, -0.15) is 0 Å². The molecule has 2 aromatic rings. The number of hydrogen-bond acceptors (Lipinski definition) is 4. The van der Waals surface area contributed by atoms with Gasteiger partial charge in [-0.15, -0.1) is 0 Å². The summed E-state index contributed by atoms with van der Waals surface area (Å²) in [6, 6.07) is 13.8. The maximum atomic E-state index is 12.4. The molecule has 0 unspecified atom stereocenters. The monoisotopic (exact) mass is 371 g/mol. The first-order chi connectivity index (χ1) is 13.1. The summed E-state index contributed by atoms with van der Waals surface area (Å²) in [4.78, 5) is 13.7. The molecular weight excluding hydrogens is 344 g/mol. The molecule has 1 amide bonds. The van der Waals surface area contributed by atoms with Crippen LogP contribution in [0.2, 0.25) is 0 Å². The fourth-order valence-corrected chi connectivity index (χ4v) is 3.15. The van der Waals surface area contributed by atoms with Crippen molar-refractivity contribution in [3.05, 3.63) is 53.6 Å². The summed E-state index contributed by atoms with van der Waals surface area (Å²) in [5.41, 5.74) is 2.07. The van der Waals surface area contributed by atoms with Crippen LogP contribution >= 0.6 is 0 Å². The van der Waals surface area contributed by atoms with Crippen molar-refractivity contribution in [2.24, 2.45) is 0 Å². The first-order valence-electron chi connectivity index (χ1n) is 9.16. The number of carbonyl (C=O) groups is 1. The zero-order chi connectivity index (χ0) is 19.2. The molecule has 6 heteroatoms. The molecule has 2 N–H and O–H groups in total. The lowest BCUT2D eigenvalue weighted by Crippen LogP contribution is -3.07. The summed E-state index contributed by atoms with van der Waals surface area (Å²) in [6.45, 7) is 1.67. The molecule has 1 aliphatic rings. The standard InChI is InChI=1S/C21H26N2O4/c1-23(2)18(16-5-7-17(25-3)8-6-16)14-22-21(24)13-15-4-9-19-20(12-15)27-11-10-26-19/h4-9,12,18H,10-11,13-14H2,1-3H3,(H,22,24)/p+1/t18-/m0/s1. The summed E-state index contributed by atoms with van der Waals surface area (Å²) in [7, 11) is 5.82. The van der Waals surface area contributed by atoms with Crippen LogP contribution in [0.4, 0.5) is 0 Å². The molecule has 0 aliphatic carbocycles. The second kappa shape index (κ2) is 8.77. The lowest BCUT2D eigenvalue weighted by atomic mass is 10.1. The van der Waals surface area contributed by atoms with E-state index in [2.05, 4.69) is 19.4 Å². The average molecular weight is 371 g/mol. The first-order valence-corrected chi connectivity index (χ1v) is 9.16. The summed E-state index contributed by atoms with van der Waals surface area (Å²) in [5.74, 6) is 2.27. The van der Waals surface area contributed by atoms with Crippen LogP contribution in [0, 0.1) is 0 Å². The molecule has 1 atom stereocenters. The molecule has 3 rings (SSSR count). The van der Waals surface area contributed by atoms with Crippen molar-refractivity contribution >= 4 is 5.91 Å². The molecule has 0 spiro atoms. The average Bonchev–Trinajstić information content (AvgIpc) is 2.68. The SMILES string of the molecule is COc1ccc([C@H](CNC(=O)Cc2ccc3c(c2)OCCO3)[NH+](C)C)cc1. The highest BCUT2D eigenvalue weighted by Gasteiger charge is 2.19. The van der Waals surface area contributed by atoms with Crippen LogP contribution in [0.1, 0.15) is 17.2 Å². The quantitative estimate of drug-likeness (QED) is 0.763. The molecule has 0 saturated heterocycles. The minimum absolute atomic E-state index is 0.00793. The minimum atomic E-state index is -0.00793. The Morgan fingerprint density at radius 2 is 1.81 bits per heavy atom. The van der Waals surface area contributed by atoms with Gasteiger partial charge in [-0.25, -0.2) is 0 Å². The van der Waals surface area contributed by atoms with E-state index in [1.165, 1.54) is 4.90 Å². The van der Waals surface area contributed by atoms with Gasteiger partial charge >= 0.3 is 0 Å². The molecule has 2 aromatic carbocycles. The Labute approximate surface area is 160 Å². The fraction of sp³-hybridized carbons (Fsp3) is 0.381. The Balaban J connectivity index is 1.59. The summed E-state index contributed by atoms with van der Waals surface area (Å²) in [6.07, 6.45) is 0.314. The summed E-state index contributed by atoms with van der Waals surface area (Å²) in [5, 5.41) is 3.06. The van der Waals surface area contributed by atoms with E-state index < -0.39 is 0 Å². The lowest BCUT2D eigenvalue weighted by Gasteiger charge is -2.22. The second-order valence-corrected chi connectivity index (χ2v) is 6.86. The number of methoxy groups -OCH3 is 1. The molecule has 6 nitrogen and oxygen atoms in total. The molecule has 1 aliphatic heterocycles. The van der Waals surface area contributed by atoms with Gasteiger partial charge in [-0.1, -0.05) is 6.07 Å². The number of likely N-dealkylation sites (N-methyl/N-ethyl adjacent to an activating group) is 1. The van der Waals surface area contributed by atoms with Gasteiger partial charge in [0.15, 0.2) is 11.5 Å². The van der Waals surface area contributed by atoms with Gasteiger partial charge in [0.05, 0.1) is 34.2 Å². The molecule has 144 valence electrons. The third kappa shape index (κ3) is 4.92. The van der Waals surface area contributed by atoms with Crippen LogP contribution < -0.4 is 24.4 Å². The maximum absolute atomic E-state index is 12.4. The zero-order valence-corrected chi connectivity index (χ0v) is 16.1. The van der Waals surface area contributed by atoms with Crippen molar-refractivity contribution in [1.29, 1.82) is 0 Å². The van der Waals surface area contributed by atoms with E-state index >= 15 is 0 Å². The highest BCUT2D eigenvalue weighted by atomic mass is 16.6. The van der Waals surface area contributed by atoms with Crippen molar-refractivity contribution in [3.8, 4) is 17.2 Å². The number of carbonyl (C=O) groups excluding carboxylic acids is 1. The maximum Gasteiger partial charge on any atom is 0.224 e. The second-order valence-electron chi connectivity index (χ2n) is 6.86. The lowest BCUT2D eigenvalue weighted by molar-refractivity contribution is -0.890. The topological polar surface area (TPSA) is 61.2 Å². The molecule has 0 radical (unpaired) electrons. The van der Waals surface area contributed by atoms with Crippen molar-refractivity contribution in [1.82, 2.24) is 5.32 Å². The van der Waals surface area contributed by atoms with Gasteiger partial charge in [0, 0.05) is 5.56 Å². The molecule has 0 saturated carbocycles. The molecule has 0 bridgehead atoms.